The highest BCUT2D eigenvalue weighted by molar-refractivity contribution is 9.09. The van der Waals surface area contributed by atoms with E-state index >= 15 is 0 Å². The van der Waals surface area contributed by atoms with E-state index in [-0.39, 0.29) is 17.2 Å². The first-order valence-corrected chi connectivity index (χ1v) is 7.82. The normalized spacial score (nSPS) is 13.5. The highest BCUT2D eigenvalue weighted by atomic mass is 79.9. The van der Waals surface area contributed by atoms with Crippen molar-refractivity contribution in [2.24, 2.45) is 0 Å². The zero-order valence-corrected chi connectivity index (χ0v) is 13.6. The van der Waals surface area contributed by atoms with E-state index in [1.807, 2.05) is 37.3 Å². The van der Waals surface area contributed by atoms with E-state index in [0.29, 0.717) is 10.9 Å². The first-order chi connectivity index (χ1) is 9.98. The lowest BCUT2D eigenvalue weighted by molar-refractivity contribution is 0.0911. The third kappa shape index (κ3) is 3.27. The van der Waals surface area contributed by atoms with Crippen LogP contribution in [0.2, 0.25) is 0 Å². The summed E-state index contributed by atoms with van der Waals surface area (Å²) in [4.78, 5) is 12.5. The van der Waals surface area contributed by atoms with Gasteiger partial charge in [-0.25, -0.2) is 0 Å². The molecule has 1 amide bonds. The van der Waals surface area contributed by atoms with Crippen molar-refractivity contribution in [1.82, 2.24) is 5.32 Å². The molecule has 21 heavy (non-hydrogen) atoms. The number of carbonyl (C=O) groups excluding carboxylic acids is 1. The summed E-state index contributed by atoms with van der Waals surface area (Å²) < 4.78 is 0. The van der Waals surface area contributed by atoms with Crippen LogP contribution in [0.5, 0.6) is 5.75 Å². The van der Waals surface area contributed by atoms with Gasteiger partial charge in [0.25, 0.3) is 5.91 Å². The summed E-state index contributed by atoms with van der Waals surface area (Å²) in [7, 11) is 0. The van der Waals surface area contributed by atoms with Gasteiger partial charge in [0, 0.05) is 5.33 Å². The molecule has 3 nitrogen and oxygen atoms in total. The van der Waals surface area contributed by atoms with Crippen LogP contribution >= 0.6 is 15.9 Å². The number of phenolic OH excluding ortho intramolecular Hbond substituents is 1. The number of halogens is 1. The average Bonchev–Trinajstić information content (AvgIpc) is 2.50. The third-order valence-corrected chi connectivity index (χ3v) is 4.67. The fourth-order valence-corrected chi connectivity index (χ4v) is 2.61. The van der Waals surface area contributed by atoms with Crippen LogP contribution in [0.25, 0.3) is 0 Å². The molecule has 2 aromatic rings. The van der Waals surface area contributed by atoms with E-state index in [1.165, 1.54) is 0 Å². The summed E-state index contributed by atoms with van der Waals surface area (Å²) in [5, 5.41) is 13.6. The van der Waals surface area contributed by atoms with Crippen molar-refractivity contribution in [1.29, 1.82) is 0 Å². The molecule has 0 aliphatic heterocycles. The van der Waals surface area contributed by atoms with Crippen LogP contribution in [-0.2, 0) is 5.54 Å². The minimum absolute atomic E-state index is 0.0278. The van der Waals surface area contributed by atoms with Crippen molar-refractivity contribution in [2.75, 3.05) is 5.33 Å². The fraction of sp³-hybridized carbons (Fsp3) is 0.235. The molecule has 0 spiro atoms. The molecule has 0 fully saturated rings. The molecule has 0 radical (unpaired) electrons. The lowest BCUT2D eigenvalue weighted by Gasteiger charge is -2.29. The molecule has 2 aromatic carbocycles. The smallest absolute Gasteiger partial charge is 0.255 e. The van der Waals surface area contributed by atoms with Gasteiger partial charge in [-0.3, -0.25) is 4.79 Å². The number of nitrogens with one attached hydrogen (secondary N) is 1. The Balaban J connectivity index is 2.30. The van der Waals surface area contributed by atoms with Gasteiger partial charge in [0.05, 0.1) is 11.1 Å². The topological polar surface area (TPSA) is 49.3 Å². The van der Waals surface area contributed by atoms with Gasteiger partial charge >= 0.3 is 0 Å². The summed E-state index contributed by atoms with van der Waals surface area (Å²) in [5.74, 6) is -0.262. The average molecular weight is 348 g/mol. The molecule has 0 aliphatic carbocycles. The Morgan fingerprint density at radius 3 is 2.48 bits per heavy atom. The monoisotopic (exact) mass is 347 g/mol. The number of hydrogen-bond donors (Lipinski definition) is 2. The summed E-state index contributed by atoms with van der Waals surface area (Å²) in [5.41, 5.74) is 1.43. The molecule has 1 unspecified atom stereocenters. The minimum atomic E-state index is -0.547. The Bertz CT molecular complexity index is 642. The molecule has 0 aliphatic rings. The van der Waals surface area contributed by atoms with Crippen LogP contribution in [0.15, 0.2) is 48.5 Å². The number of aromatic hydroxyl groups is 1. The number of hydrogen-bond acceptors (Lipinski definition) is 2. The molecule has 0 saturated heterocycles. The molecule has 0 bridgehead atoms. The largest absolute Gasteiger partial charge is 0.507 e. The number of amides is 1. The van der Waals surface area contributed by atoms with Crippen molar-refractivity contribution >= 4 is 21.8 Å². The van der Waals surface area contributed by atoms with Crippen molar-refractivity contribution in [2.45, 2.75) is 19.4 Å². The Hall–Kier alpha value is -1.81. The molecular formula is C17H18BrNO2. The summed E-state index contributed by atoms with van der Waals surface area (Å²) in [6.07, 6.45) is 0. The number of rotatable bonds is 4. The van der Waals surface area contributed by atoms with Crippen LogP contribution < -0.4 is 5.32 Å². The number of benzene rings is 2. The second-order valence-corrected chi connectivity index (χ2v) is 5.82. The Kier molecular flexibility index (Phi) is 4.68. The van der Waals surface area contributed by atoms with Crippen molar-refractivity contribution < 1.29 is 9.90 Å². The zero-order chi connectivity index (χ0) is 15.5. The van der Waals surface area contributed by atoms with Crippen molar-refractivity contribution in [3.05, 3.63) is 65.2 Å². The zero-order valence-electron chi connectivity index (χ0n) is 12.1. The van der Waals surface area contributed by atoms with Gasteiger partial charge < -0.3 is 10.4 Å². The SMILES string of the molecule is Cc1cccc(C(=O)NC(C)(CBr)c2ccccc2)c1O. The predicted molar refractivity (Wildman–Crippen MR) is 87.9 cm³/mol. The third-order valence-electron chi connectivity index (χ3n) is 3.55. The molecule has 0 saturated carbocycles. The van der Waals surface area contributed by atoms with E-state index in [0.717, 1.165) is 5.56 Å². The Morgan fingerprint density at radius 1 is 1.19 bits per heavy atom. The molecule has 1 atom stereocenters. The number of carbonyl (C=O) groups is 1. The van der Waals surface area contributed by atoms with Crippen LogP contribution in [0.3, 0.4) is 0 Å². The molecular weight excluding hydrogens is 330 g/mol. The molecule has 0 heterocycles. The van der Waals surface area contributed by atoms with Crippen molar-refractivity contribution in [3.8, 4) is 5.75 Å². The maximum atomic E-state index is 12.5. The van der Waals surface area contributed by atoms with Gasteiger partial charge in [0.15, 0.2) is 0 Å². The highest BCUT2D eigenvalue weighted by Gasteiger charge is 2.28. The predicted octanol–water partition coefficient (Wildman–Crippen LogP) is 3.74. The fourth-order valence-electron chi connectivity index (χ4n) is 2.15. The second-order valence-electron chi connectivity index (χ2n) is 5.26. The molecule has 4 heteroatoms. The van der Waals surface area contributed by atoms with Crippen molar-refractivity contribution in [3.63, 3.8) is 0 Å². The summed E-state index contributed by atoms with van der Waals surface area (Å²) >= 11 is 3.47. The maximum absolute atomic E-state index is 12.5. The van der Waals surface area contributed by atoms with E-state index in [9.17, 15) is 9.90 Å². The first-order valence-electron chi connectivity index (χ1n) is 6.70. The van der Waals surface area contributed by atoms with Gasteiger partial charge in [0.1, 0.15) is 5.75 Å². The molecule has 0 aromatic heterocycles. The highest BCUT2D eigenvalue weighted by Crippen LogP contribution is 2.26. The molecule has 110 valence electrons. The number of alkyl halides is 1. The Labute approximate surface area is 133 Å². The second kappa shape index (κ2) is 6.31. The quantitative estimate of drug-likeness (QED) is 0.827. The van der Waals surface area contributed by atoms with E-state index in [4.69, 9.17) is 0 Å². The first kappa shape index (κ1) is 15.6. The maximum Gasteiger partial charge on any atom is 0.255 e. The van der Waals surface area contributed by atoms with Crippen LogP contribution in [0.1, 0.15) is 28.4 Å². The number of para-hydroxylation sites is 1. The van der Waals surface area contributed by atoms with Crippen LogP contribution in [0.4, 0.5) is 0 Å². The van der Waals surface area contributed by atoms with Gasteiger partial charge in [0.2, 0.25) is 0 Å². The van der Waals surface area contributed by atoms with Gasteiger partial charge in [-0.2, -0.15) is 0 Å². The van der Waals surface area contributed by atoms with Gasteiger partial charge in [-0.05, 0) is 31.0 Å². The van der Waals surface area contributed by atoms with E-state index in [1.54, 1.807) is 25.1 Å². The van der Waals surface area contributed by atoms with Crippen LogP contribution in [-0.4, -0.2) is 16.3 Å². The lowest BCUT2D eigenvalue weighted by atomic mass is 9.93. The van der Waals surface area contributed by atoms with Crippen LogP contribution in [0, 0.1) is 6.92 Å². The molecule has 2 N–H and O–H groups in total. The van der Waals surface area contributed by atoms with E-state index in [2.05, 4.69) is 21.2 Å². The summed E-state index contributed by atoms with van der Waals surface area (Å²) in [6.45, 7) is 3.72. The summed E-state index contributed by atoms with van der Waals surface area (Å²) in [6, 6.07) is 14.9. The Morgan fingerprint density at radius 2 is 1.86 bits per heavy atom. The van der Waals surface area contributed by atoms with E-state index < -0.39 is 5.54 Å². The minimum Gasteiger partial charge on any atom is -0.507 e. The number of phenols is 1. The van der Waals surface area contributed by atoms with Gasteiger partial charge in [-0.1, -0.05) is 58.4 Å². The number of aryl methyl sites for hydroxylation is 1. The standard InChI is InChI=1S/C17H18BrNO2/c1-12-7-6-10-14(15(12)20)16(21)19-17(2,11-18)13-8-4-3-5-9-13/h3-10,20H,11H2,1-2H3,(H,19,21). The molecule has 2 rings (SSSR count). The van der Waals surface area contributed by atoms with Gasteiger partial charge in [-0.15, -0.1) is 0 Å². The lowest BCUT2D eigenvalue weighted by Crippen LogP contribution is -2.44.